The van der Waals surface area contributed by atoms with Crippen LogP contribution in [0.1, 0.15) is 143 Å². The van der Waals surface area contributed by atoms with E-state index in [9.17, 15) is 54.9 Å². The molecule has 0 radical (unpaired) electrons. The van der Waals surface area contributed by atoms with E-state index >= 15 is 0 Å². The summed E-state index contributed by atoms with van der Waals surface area (Å²) in [4.78, 5) is 50.2. The predicted molar refractivity (Wildman–Crippen MR) is 196 cm³/mol. The van der Waals surface area contributed by atoms with Gasteiger partial charge in [-0.1, -0.05) is 65.7 Å². The molecule has 0 aromatic heterocycles. The normalized spacial score (nSPS) is 17.2. The first-order valence-electron chi connectivity index (χ1n) is 19.6. The maximum Gasteiger partial charge on any atom is 0.309 e. The maximum atomic E-state index is 13.0. The molecule has 0 aromatic carbocycles. The standard InChI is InChI=1S/C38H70O16/c1-5-8-11-14-26(41)17-27(42)19-35(47)53-29(15-12-9-6-2)18-28(43)20-36(48)54-30(16-13-10-7-3)21-31(52-25(4)40)22-34(46)51-24-33(45)38(50)37(49)32(44)23-39/h26-33,37-39,41-45,49-50H,5-24H2,1-4H3/t26?,27?,28?,29?,30?,31?,32-,33-,37-,38-/m1/s1. The smallest absolute Gasteiger partial charge is 0.309 e. The highest BCUT2D eigenvalue weighted by atomic mass is 16.6. The lowest BCUT2D eigenvalue weighted by Gasteiger charge is -2.26. The van der Waals surface area contributed by atoms with Gasteiger partial charge in [0.25, 0.3) is 0 Å². The fraction of sp³-hybridized carbons (Fsp3) is 0.895. The van der Waals surface area contributed by atoms with E-state index in [2.05, 4.69) is 0 Å². The number of aliphatic hydroxyl groups is 8. The van der Waals surface area contributed by atoms with Crippen LogP contribution in [-0.2, 0) is 38.1 Å². The van der Waals surface area contributed by atoms with Crippen molar-refractivity contribution in [1.29, 1.82) is 0 Å². The molecular weight excluding hydrogens is 712 g/mol. The third-order valence-corrected chi connectivity index (χ3v) is 8.87. The van der Waals surface area contributed by atoms with Crippen LogP contribution in [0, 0.1) is 0 Å². The predicted octanol–water partition coefficient (Wildman–Crippen LogP) is 1.89. The van der Waals surface area contributed by atoms with Crippen molar-refractivity contribution in [3.05, 3.63) is 0 Å². The molecule has 8 N–H and O–H groups in total. The highest BCUT2D eigenvalue weighted by Crippen LogP contribution is 2.21. The molecule has 0 aliphatic carbocycles. The van der Waals surface area contributed by atoms with Crippen molar-refractivity contribution in [2.45, 2.75) is 204 Å². The largest absolute Gasteiger partial charge is 0.463 e. The zero-order valence-electron chi connectivity index (χ0n) is 32.8. The molecule has 0 spiro atoms. The molecule has 16 nitrogen and oxygen atoms in total. The Labute approximate surface area is 320 Å². The summed E-state index contributed by atoms with van der Waals surface area (Å²) in [5, 5.41) is 79.5. The van der Waals surface area contributed by atoms with Crippen molar-refractivity contribution in [2.75, 3.05) is 13.2 Å². The molecule has 6 unspecified atom stereocenters. The summed E-state index contributed by atoms with van der Waals surface area (Å²) in [6.45, 7) is 5.49. The van der Waals surface area contributed by atoms with Crippen molar-refractivity contribution in [2.24, 2.45) is 0 Å². The Bertz CT molecular complexity index is 1010. The van der Waals surface area contributed by atoms with Crippen LogP contribution in [0.15, 0.2) is 0 Å². The molecule has 0 aromatic rings. The number of rotatable bonds is 33. The monoisotopic (exact) mass is 782 g/mol. The average Bonchev–Trinajstić information content (AvgIpc) is 3.09. The molecule has 10 atom stereocenters. The Morgan fingerprint density at radius 2 is 0.963 bits per heavy atom. The van der Waals surface area contributed by atoms with Crippen molar-refractivity contribution < 1.29 is 79.0 Å². The van der Waals surface area contributed by atoms with Crippen LogP contribution in [0.4, 0.5) is 0 Å². The van der Waals surface area contributed by atoms with Gasteiger partial charge in [-0.15, -0.1) is 0 Å². The fourth-order valence-corrected chi connectivity index (χ4v) is 5.86. The first kappa shape index (κ1) is 51.6. The Balaban J connectivity index is 5.41. The topological polar surface area (TPSA) is 267 Å². The van der Waals surface area contributed by atoms with Crippen LogP contribution in [0.5, 0.6) is 0 Å². The van der Waals surface area contributed by atoms with E-state index in [1.54, 1.807) is 0 Å². The van der Waals surface area contributed by atoms with Crippen LogP contribution < -0.4 is 0 Å². The Hall–Kier alpha value is -2.44. The SMILES string of the molecule is CCCCCC(O)CC(O)CC(=O)OC(CCCCC)CC(O)CC(=O)OC(CCCCC)CC(CC(=O)OC[C@@H](O)[C@@H](O)[C@H](O)[C@H](O)CO)OC(C)=O. The molecule has 0 saturated carbocycles. The molecule has 0 saturated heterocycles. The number of hydrogen-bond acceptors (Lipinski definition) is 16. The first-order chi connectivity index (χ1) is 25.6. The Kier molecular flexibility index (Phi) is 29.4. The summed E-state index contributed by atoms with van der Waals surface area (Å²) in [5.41, 5.74) is 0. The second-order valence-corrected chi connectivity index (χ2v) is 14.2. The van der Waals surface area contributed by atoms with E-state index in [0.717, 1.165) is 51.9 Å². The van der Waals surface area contributed by atoms with Crippen LogP contribution in [0.2, 0.25) is 0 Å². The first-order valence-corrected chi connectivity index (χ1v) is 19.6. The van der Waals surface area contributed by atoms with E-state index in [0.29, 0.717) is 32.1 Å². The zero-order valence-corrected chi connectivity index (χ0v) is 32.8. The Morgan fingerprint density at radius 1 is 0.500 bits per heavy atom. The zero-order chi connectivity index (χ0) is 41.1. The summed E-state index contributed by atoms with van der Waals surface area (Å²) in [6.07, 6.45) is -5.65. The molecule has 318 valence electrons. The van der Waals surface area contributed by atoms with Crippen molar-refractivity contribution in [3.63, 3.8) is 0 Å². The summed E-state index contributed by atoms with van der Waals surface area (Å²) in [5.74, 6) is -3.11. The van der Waals surface area contributed by atoms with Gasteiger partial charge in [0.2, 0.25) is 0 Å². The van der Waals surface area contributed by atoms with Crippen molar-refractivity contribution >= 4 is 23.9 Å². The van der Waals surface area contributed by atoms with Crippen molar-refractivity contribution in [1.82, 2.24) is 0 Å². The Morgan fingerprint density at radius 3 is 1.44 bits per heavy atom. The molecule has 0 rings (SSSR count). The molecule has 0 fully saturated rings. The molecule has 0 amide bonds. The van der Waals surface area contributed by atoms with E-state index < -0.39 is 111 Å². The molecule has 16 heteroatoms. The molecule has 0 aliphatic heterocycles. The van der Waals surface area contributed by atoms with Crippen molar-refractivity contribution in [3.8, 4) is 0 Å². The quantitative estimate of drug-likeness (QED) is 0.0268. The highest BCUT2D eigenvalue weighted by Gasteiger charge is 2.32. The van der Waals surface area contributed by atoms with Crippen LogP contribution in [-0.4, -0.2) is 139 Å². The van der Waals surface area contributed by atoms with Gasteiger partial charge in [0, 0.05) is 19.8 Å². The number of aliphatic hydroxyl groups excluding tert-OH is 8. The third-order valence-electron chi connectivity index (χ3n) is 8.87. The minimum absolute atomic E-state index is 0.0445. The molecule has 0 bridgehead atoms. The van der Waals surface area contributed by atoms with Crippen LogP contribution in [0.25, 0.3) is 0 Å². The summed E-state index contributed by atoms with van der Waals surface area (Å²) in [7, 11) is 0. The minimum atomic E-state index is -1.95. The molecule has 54 heavy (non-hydrogen) atoms. The second-order valence-electron chi connectivity index (χ2n) is 14.2. The van der Waals surface area contributed by atoms with E-state index in [1.807, 2.05) is 20.8 Å². The van der Waals surface area contributed by atoms with Gasteiger partial charge in [-0.05, 0) is 38.5 Å². The molecular formula is C38H70O16. The average molecular weight is 783 g/mol. The molecule has 0 heterocycles. The van der Waals surface area contributed by atoms with E-state index in [1.165, 1.54) is 0 Å². The number of unbranched alkanes of at least 4 members (excludes halogenated alkanes) is 6. The fourth-order valence-electron chi connectivity index (χ4n) is 5.86. The van der Waals surface area contributed by atoms with E-state index in [4.69, 9.17) is 24.1 Å². The lowest BCUT2D eigenvalue weighted by molar-refractivity contribution is -0.163. The number of carbonyl (C=O) groups excluding carboxylic acids is 4. The van der Waals surface area contributed by atoms with Gasteiger partial charge in [-0.3, -0.25) is 19.2 Å². The lowest BCUT2D eigenvalue weighted by atomic mass is 10.0. The van der Waals surface area contributed by atoms with Crippen LogP contribution in [0.3, 0.4) is 0 Å². The molecule has 0 aliphatic rings. The minimum Gasteiger partial charge on any atom is -0.463 e. The van der Waals surface area contributed by atoms with Gasteiger partial charge in [-0.25, -0.2) is 0 Å². The number of carbonyl (C=O) groups is 4. The summed E-state index contributed by atoms with van der Waals surface area (Å²) < 4.78 is 21.5. The third kappa shape index (κ3) is 25.6. The van der Waals surface area contributed by atoms with Gasteiger partial charge in [0.05, 0.1) is 44.2 Å². The lowest BCUT2D eigenvalue weighted by Crippen LogP contribution is -2.47. The van der Waals surface area contributed by atoms with Crippen LogP contribution >= 0.6 is 0 Å². The van der Waals surface area contributed by atoms with Gasteiger partial charge in [0.1, 0.15) is 49.3 Å². The van der Waals surface area contributed by atoms with E-state index in [-0.39, 0.29) is 25.7 Å². The number of esters is 4. The van der Waals surface area contributed by atoms with Gasteiger partial charge < -0.3 is 59.8 Å². The van der Waals surface area contributed by atoms with Gasteiger partial charge in [-0.2, -0.15) is 0 Å². The van der Waals surface area contributed by atoms with Gasteiger partial charge >= 0.3 is 23.9 Å². The maximum absolute atomic E-state index is 13.0. The number of ether oxygens (including phenoxy) is 4. The van der Waals surface area contributed by atoms with Gasteiger partial charge in [0.15, 0.2) is 0 Å². The summed E-state index contributed by atoms with van der Waals surface area (Å²) >= 11 is 0. The number of hydrogen-bond donors (Lipinski definition) is 8. The highest BCUT2D eigenvalue weighted by molar-refractivity contribution is 5.72. The second kappa shape index (κ2) is 30.7. The summed E-state index contributed by atoms with van der Waals surface area (Å²) in [6, 6.07) is 0.